The number of aromatic nitrogens is 2. The normalized spacial score (nSPS) is 11.0. The number of pyridine rings is 1. The average Bonchev–Trinajstić information content (AvgIpc) is 2.95. The van der Waals surface area contributed by atoms with E-state index in [4.69, 9.17) is 0 Å². The number of aromatic amines is 1. The Morgan fingerprint density at radius 2 is 2.05 bits per heavy atom. The fraction of sp³-hybridized carbons (Fsp3) is 0. The molecule has 0 aliphatic heterocycles. The molecule has 5 heteroatoms. The van der Waals surface area contributed by atoms with E-state index in [-0.39, 0.29) is 5.91 Å². The molecule has 98 valence electrons. The molecule has 2 aromatic heterocycles. The summed E-state index contributed by atoms with van der Waals surface area (Å²) in [5.74, 6) is -0.258. The number of hydrazone groups is 1. The molecule has 0 saturated carbocycles. The third-order valence-electron chi connectivity index (χ3n) is 2.90. The minimum absolute atomic E-state index is 0.258. The van der Waals surface area contributed by atoms with E-state index in [1.54, 1.807) is 30.7 Å². The molecule has 5 nitrogen and oxygen atoms in total. The minimum atomic E-state index is -0.258. The van der Waals surface area contributed by atoms with Crippen molar-refractivity contribution in [2.75, 3.05) is 0 Å². The smallest absolute Gasteiger partial charge is 0.271 e. The monoisotopic (exact) mass is 264 g/mol. The molecule has 0 saturated heterocycles. The number of rotatable bonds is 3. The van der Waals surface area contributed by atoms with Crippen molar-refractivity contribution in [1.82, 2.24) is 15.4 Å². The molecular weight excluding hydrogens is 252 g/mol. The molecule has 0 radical (unpaired) electrons. The van der Waals surface area contributed by atoms with Gasteiger partial charge < -0.3 is 4.98 Å². The van der Waals surface area contributed by atoms with Crippen molar-refractivity contribution in [2.24, 2.45) is 5.10 Å². The fourth-order valence-electron chi connectivity index (χ4n) is 1.89. The summed E-state index contributed by atoms with van der Waals surface area (Å²) in [5.41, 5.74) is 5.01. The van der Waals surface area contributed by atoms with Gasteiger partial charge in [0.05, 0.1) is 6.21 Å². The van der Waals surface area contributed by atoms with Crippen molar-refractivity contribution >= 4 is 23.0 Å². The van der Waals surface area contributed by atoms with Crippen molar-refractivity contribution in [3.63, 3.8) is 0 Å². The Morgan fingerprint density at radius 3 is 2.90 bits per heavy atom. The first-order chi connectivity index (χ1) is 9.83. The number of carbonyl (C=O) groups excluding carboxylic acids is 1. The number of nitrogens with zero attached hydrogens (tertiary/aromatic N) is 2. The molecule has 0 atom stereocenters. The number of hydrogen-bond donors (Lipinski definition) is 2. The molecule has 2 heterocycles. The van der Waals surface area contributed by atoms with Gasteiger partial charge in [-0.1, -0.05) is 6.07 Å². The second-order valence-corrected chi connectivity index (χ2v) is 4.26. The van der Waals surface area contributed by atoms with Crippen LogP contribution in [0.2, 0.25) is 0 Å². The summed E-state index contributed by atoms with van der Waals surface area (Å²) in [6.07, 6.45) is 6.64. The summed E-state index contributed by atoms with van der Waals surface area (Å²) >= 11 is 0. The quantitative estimate of drug-likeness (QED) is 0.563. The Labute approximate surface area is 115 Å². The number of carbonyl (C=O) groups is 1. The standard InChI is InChI=1S/C15H12N4O/c20-15(12-3-6-16-7-4-12)19-18-10-11-1-2-14-13(9-11)5-8-17-14/h1-10,17H,(H,19,20)/b18-10+. The summed E-state index contributed by atoms with van der Waals surface area (Å²) in [6, 6.07) is 11.2. The maximum absolute atomic E-state index is 11.7. The summed E-state index contributed by atoms with van der Waals surface area (Å²) in [4.78, 5) is 18.7. The lowest BCUT2D eigenvalue weighted by molar-refractivity contribution is 0.0955. The molecule has 3 rings (SSSR count). The van der Waals surface area contributed by atoms with Crippen LogP contribution in [0.1, 0.15) is 15.9 Å². The van der Waals surface area contributed by atoms with Crippen molar-refractivity contribution in [1.29, 1.82) is 0 Å². The second-order valence-electron chi connectivity index (χ2n) is 4.26. The molecule has 1 amide bonds. The Balaban J connectivity index is 1.69. The Bertz CT molecular complexity index is 762. The lowest BCUT2D eigenvalue weighted by Crippen LogP contribution is -2.17. The van der Waals surface area contributed by atoms with Gasteiger partial charge >= 0.3 is 0 Å². The van der Waals surface area contributed by atoms with Crippen LogP contribution in [0.25, 0.3) is 10.9 Å². The van der Waals surface area contributed by atoms with Gasteiger partial charge in [-0.15, -0.1) is 0 Å². The summed E-state index contributed by atoms with van der Waals surface area (Å²) in [7, 11) is 0. The van der Waals surface area contributed by atoms with Gasteiger partial charge in [0.2, 0.25) is 0 Å². The van der Waals surface area contributed by atoms with E-state index < -0.39 is 0 Å². The van der Waals surface area contributed by atoms with Gasteiger partial charge in [0.1, 0.15) is 0 Å². The number of benzene rings is 1. The van der Waals surface area contributed by atoms with E-state index in [0.29, 0.717) is 5.56 Å². The highest BCUT2D eigenvalue weighted by molar-refractivity contribution is 5.95. The second kappa shape index (κ2) is 5.36. The predicted molar refractivity (Wildman–Crippen MR) is 77.6 cm³/mol. The maximum atomic E-state index is 11.7. The Kier molecular flexibility index (Phi) is 3.24. The maximum Gasteiger partial charge on any atom is 0.271 e. The predicted octanol–water partition coefficient (Wildman–Crippen LogP) is 2.33. The lowest BCUT2D eigenvalue weighted by Gasteiger charge is -1.98. The van der Waals surface area contributed by atoms with Crippen LogP contribution in [0.5, 0.6) is 0 Å². The van der Waals surface area contributed by atoms with Gasteiger partial charge in [-0.3, -0.25) is 9.78 Å². The van der Waals surface area contributed by atoms with Crippen molar-refractivity contribution < 1.29 is 4.79 Å². The van der Waals surface area contributed by atoms with E-state index in [1.807, 2.05) is 30.5 Å². The van der Waals surface area contributed by atoms with Crippen LogP contribution in [0, 0.1) is 0 Å². The first kappa shape index (κ1) is 12.1. The summed E-state index contributed by atoms with van der Waals surface area (Å²) in [6.45, 7) is 0. The van der Waals surface area contributed by atoms with E-state index in [2.05, 4.69) is 20.5 Å². The zero-order valence-electron chi connectivity index (χ0n) is 10.6. The van der Waals surface area contributed by atoms with Crippen LogP contribution in [-0.2, 0) is 0 Å². The number of H-pyrrole nitrogens is 1. The van der Waals surface area contributed by atoms with Gasteiger partial charge in [-0.05, 0) is 41.3 Å². The van der Waals surface area contributed by atoms with Crippen LogP contribution >= 0.6 is 0 Å². The summed E-state index contributed by atoms with van der Waals surface area (Å²) in [5, 5.41) is 5.06. The minimum Gasteiger partial charge on any atom is -0.361 e. The molecule has 0 aliphatic carbocycles. The fourth-order valence-corrected chi connectivity index (χ4v) is 1.89. The van der Waals surface area contributed by atoms with Crippen LogP contribution in [0.15, 0.2) is 60.1 Å². The molecule has 0 spiro atoms. The molecule has 2 N–H and O–H groups in total. The molecule has 20 heavy (non-hydrogen) atoms. The topological polar surface area (TPSA) is 70.1 Å². The van der Waals surface area contributed by atoms with Gasteiger partial charge in [0.25, 0.3) is 5.91 Å². The highest BCUT2D eigenvalue weighted by Gasteiger charge is 2.02. The molecule has 0 fully saturated rings. The number of nitrogens with one attached hydrogen (secondary N) is 2. The van der Waals surface area contributed by atoms with Crippen molar-refractivity contribution in [2.45, 2.75) is 0 Å². The molecule has 0 unspecified atom stereocenters. The zero-order chi connectivity index (χ0) is 13.8. The van der Waals surface area contributed by atoms with Crippen LogP contribution in [0.4, 0.5) is 0 Å². The molecule has 0 aliphatic rings. The van der Waals surface area contributed by atoms with Crippen molar-refractivity contribution in [3.05, 3.63) is 66.1 Å². The average molecular weight is 264 g/mol. The van der Waals surface area contributed by atoms with Crippen LogP contribution in [-0.4, -0.2) is 22.1 Å². The lowest BCUT2D eigenvalue weighted by atomic mass is 10.2. The van der Waals surface area contributed by atoms with Gasteiger partial charge in [-0.25, -0.2) is 5.43 Å². The van der Waals surface area contributed by atoms with Crippen LogP contribution < -0.4 is 5.43 Å². The van der Waals surface area contributed by atoms with E-state index in [0.717, 1.165) is 16.5 Å². The third-order valence-corrected chi connectivity index (χ3v) is 2.90. The van der Waals surface area contributed by atoms with Crippen molar-refractivity contribution in [3.8, 4) is 0 Å². The first-order valence-corrected chi connectivity index (χ1v) is 6.13. The largest absolute Gasteiger partial charge is 0.361 e. The highest BCUT2D eigenvalue weighted by atomic mass is 16.2. The number of hydrogen-bond acceptors (Lipinski definition) is 3. The highest BCUT2D eigenvalue weighted by Crippen LogP contribution is 2.12. The zero-order valence-corrected chi connectivity index (χ0v) is 10.6. The summed E-state index contributed by atoms with van der Waals surface area (Å²) < 4.78 is 0. The van der Waals surface area contributed by atoms with E-state index in [1.165, 1.54) is 0 Å². The van der Waals surface area contributed by atoms with E-state index >= 15 is 0 Å². The molecule has 0 bridgehead atoms. The number of fused-ring (bicyclic) bond motifs is 1. The van der Waals surface area contributed by atoms with E-state index in [9.17, 15) is 4.79 Å². The molecular formula is C15H12N4O. The van der Waals surface area contributed by atoms with Gasteiger partial charge in [0, 0.05) is 29.7 Å². The SMILES string of the molecule is O=C(N/N=C/c1ccc2[nH]ccc2c1)c1ccncc1. The first-order valence-electron chi connectivity index (χ1n) is 6.13. The molecule has 3 aromatic rings. The third kappa shape index (κ3) is 2.56. The van der Waals surface area contributed by atoms with Gasteiger partial charge in [0.15, 0.2) is 0 Å². The number of amides is 1. The molecule has 1 aromatic carbocycles. The van der Waals surface area contributed by atoms with Crippen LogP contribution in [0.3, 0.4) is 0 Å². The Hall–Kier alpha value is -2.95. The Morgan fingerprint density at radius 1 is 1.20 bits per heavy atom. The van der Waals surface area contributed by atoms with Gasteiger partial charge in [-0.2, -0.15) is 5.10 Å².